The molecule has 0 aliphatic carbocycles. The molecule has 1 unspecified atom stereocenters. The smallest absolute Gasteiger partial charge is 0.123 e. The number of rotatable bonds is 25. The summed E-state index contributed by atoms with van der Waals surface area (Å²) in [5, 5.41) is 0. The first-order valence-corrected chi connectivity index (χ1v) is 13.8. The molecule has 0 radical (unpaired) electrons. The molecule has 0 saturated carbocycles. The van der Waals surface area contributed by atoms with Crippen molar-refractivity contribution in [3.63, 3.8) is 0 Å². The van der Waals surface area contributed by atoms with Gasteiger partial charge in [0.2, 0.25) is 0 Å². The Balaban J connectivity index is 3.28. The van der Waals surface area contributed by atoms with E-state index in [0.29, 0.717) is 5.92 Å². The number of hydrogen-bond donors (Lipinski definition) is 0. The van der Waals surface area contributed by atoms with E-state index in [4.69, 9.17) is 0 Å². The van der Waals surface area contributed by atoms with Gasteiger partial charge in [0.1, 0.15) is 6.29 Å². The zero-order chi connectivity index (χ0) is 21.3. The maximum atomic E-state index is 11.3. The molecule has 0 saturated heterocycles. The van der Waals surface area contributed by atoms with Gasteiger partial charge in [0.15, 0.2) is 0 Å². The molecule has 1 atom stereocenters. The normalized spacial score (nSPS) is 12.3. The second-order valence-electron chi connectivity index (χ2n) is 9.54. The number of hydrogen-bond acceptors (Lipinski definition) is 1. The quantitative estimate of drug-likeness (QED) is 0.108. The van der Waals surface area contributed by atoms with Gasteiger partial charge in [-0.05, 0) is 12.8 Å². The lowest BCUT2D eigenvalue weighted by atomic mass is 9.95. The van der Waals surface area contributed by atoms with Gasteiger partial charge in [0.25, 0.3) is 0 Å². The van der Waals surface area contributed by atoms with Gasteiger partial charge in [0, 0.05) is 5.92 Å². The van der Waals surface area contributed by atoms with Crippen LogP contribution in [0.25, 0.3) is 0 Å². The number of unbranched alkanes of at least 4 members (excludes halogenated alkanes) is 20. The summed E-state index contributed by atoms with van der Waals surface area (Å²) in [6.07, 6.45) is 34.1. The van der Waals surface area contributed by atoms with Gasteiger partial charge in [-0.2, -0.15) is 0 Å². The van der Waals surface area contributed by atoms with E-state index >= 15 is 0 Å². The number of aldehydes is 1. The largest absolute Gasteiger partial charge is 0.303 e. The first-order valence-electron chi connectivity index (χ1n) is 13.8. The summed E-state index contributed by atoms with van der Waals surface area (Å²) in [5.41, 5.74) is 0. The third-order valence-corrected chi connectivity index (χ3v) is 6.55. The third-order valence-electron chi connectivity index (χ3n) is 6.55. The van der Waals surface area contributed by atoms with Gasteiger partial charge < -0.3 is 4.79 Å². The standard InChI is InChI=1S/C28H56O/c1-3-5-7-9-11-13-15-16-18-20-22-24-26-28(27-29)25-23-21-19-17-14-12-10-8-6-4-2/h27-28H,3-26H2,1-2H3. The lowest BCUT2D eigenvalue weighted by Gasteiger charge is -2.10. The van der Waals surface area contributed by atoms with E-state index in [2.05, 4.69) is 13.8 Å². The second-order valence-corrected chi connectivity index (χ2v) is 9.54. The molecule has 0 aromatic carbocycles. The molecule has 0 bridgehead atoms. The van der Waals surface area contributed by atoms with Crippen molar-refractivity contribution in [2.75, 3.05) is 0 Å². The van der Waals surface area contributed by atoms with Crippen LogP contribution in [0.15, 0.2) is 0 Å². The van der Waals surface area contributed by atoms with Crippen molar-refractivity contribution in [2.45, 2.75) is 168 Å². The molecule has 0 amide bonds. The van der Waals surface area contributed by atoms with Crippen molar-refractivity contribution >= 4 is 6.29 Å². The van der Waals surface area contributed by atoms with Crippen LogP contribution >= 0.6 is 0 Å². The Hall–Kier alpha value is -0.330. The molecule has 1 heteroatoms. The molecule has 0 aliphatic heterocycles. The van der Waals surface area contributed by atoms with Gasteiger partial charge in [0.05, 0.1) is 0 Å². The topological polar surface area (TPSA) is 17.1 Å². The highest BCUT2D eigenvalue weighted by Crippen LogP contribution is 2.18. The Morgan fingerprint density at radius 1 is 0.414 bits per heavy atom. The van der Waals surface area contributed by atoms with Crippen molar-refractivity contribution in [1.29, 1.82) is 0 Å². The lowest BCUT2D eigenvalue weighted by molar-refractivity contribution is -0.111. The molecule has 0 rings (SSSR count). The maximum Gasteiger partial charge on any atom is 0.123 e. The highest BCUT2D eigenvalue weighted by molar-refractivity contribution is 5.53. The monoisotopic (exact) mass is 408 g/mol. The van der Waals surface area contributed by atoms with Crippen LogP contribution in [0.5, 0.6) is 0 Å². The zero-order valence-corrected chi connectivity index (χ0v) is 20.5. The van der Waals surface area contributed by atoms with E-state index < -0.39 is 0 Å². The molecule has 0 aromatic rings. The molecular formula is C28H56O. The fourth-order valence-corrected chi connectivity index (χ4v) is 4.42. The van der Waals surface area contributed by atoms with Crippen molar-refractivity contribution in [3.05, 3.63) is 0 Å². The molecule has 0 heterocycles. The van der Waals surface area contributed by atoms with Crippen molar-refractivity contribution in [1.82, 2.24) is 0 Å². The molecule has 0 N–H and O–H groups in total. The van der Waals surface area contributed by atoms with E-state index in [-0.39, 0.29) is 0 Å². The highest BCUT2D eigenvalue weighted by atomic mass is 16.1. The first-order chi connectivity index (χ1) is 14.3. The Bertz CT molecular complexity index is 299. The Morgan fingerprint density at radius 3 is 0.897 bits per heavy atom. The Labute approximate surface area is 185 Å². The minimum absolute atomic E-state index is 0.340. The van der Waals surface area contributed by atoms with Gasteiger partial charge >= 0.3 is 0 Å². The summed E-state index contributed by atoms with van der Waals surface area (Å²) < 4.78 is 0. The predicted molar refractivity (Wildman–Crippen MR) is 132 cm³/mol. The summed E-state index contributed by atoms with van der Waals surface area (Å²) in [4.78, 5) is 11.3. The van der Waals surface area contributed by atoms with Crippen LogP contribution in [-0.4, -0.2) is 6.29 Å². The SMILES string of the molecule is CCCCCCCCCCCCCCC(C=O)CCCCCCCCCCCC. The summed E-state index contributed by atoms with van der Waals surface area (Å²) in [7, 11) is 0. The predicted octanol–water partition coefficient (Wildman–Crippen LogP) is 10.2. The molecule has 0 spiro atoms. The van der Waals surface area contributed by atoms with E-state index in [1.54, 1.807) is 0 Å². The van der Waals surface area contributed by atoms with Crippen molar-refractivity contribution in [2.24, 2.45) is 5.92 Å². The van der Waals surface area contributed by atoms with Gasteiger partial charge in [-0.3, -0.25) is 0 Å². The summed E-state index contributed by atoms with van der Waals surface area (Å²) in [6.45, 7) is 4.57. The lowest BCUT2D eigenvalue weighted by Crippen LogP contribution is -2.02. The third kappa shape index (κ3) is 23.8. The fraction of sp³-hybridized carbons (Fsp3) is 0.964. The second kappa shape index (κ2) is 25.7. The maximum absolute atomic E-state index is 11.3. The van der Waals surface area contributed by atoms with Crippen LogP contribution in [0.1, 0.15) is 168 Å². The average Bonchev–Trinajstić information content (AvgIpc) is 2.74. The summed E-state index contributed by atoms with van der Waals surface area (Å²) >= 11 is 0. The minimum Gasteiger partial charge on any atom is -0.303 e. The molecule has 1 nitrogen and oxygen atoms in total. The van der Waals surface area contributed by atoms with Crippen LogP contribution in [0.3, 0.4) is 0 Å². The average molecular weight is 409 g/mol. The zero-order valence-electron chi connectivity index (χ0n) is 20.5. The Morgan fingerprint density at radius 2 is 0.655 bits per heavy atom. The van der Waals surface area contributed by atoms with Gasteiger partial charge in [-0.25, -0.2) is 0 Å². The molecule has 0 aromatic heterocycles. The van der Waals surface area contributed by atoms with Crippen molar-refractivity contribution < 1.29 is 4.79 Å². The molecule has 0 aliphatic rings. The van der Waals surface area contributed by atoms with E-state index in [9.17, 15) is 4.79 Å². The summed E-state index contributed by atoms with van der Waals surface area (Å²) in [6, 6.07) is 0. The van der Waals surface area contributed by atoms with E-state index in [0.717, 1.165) is 12.8 Å². The molecule has 0 fully saturated rings. The van der Waals surface area contributed by atoms with Crippen LogP contribution in [-0.2, 0) is 4.79 Å². The Kier molecular flexibility index (Phi) is 25.4. The highest BCUT2D eigenvalue weighted by Gasteiger charge is 2.06. The van der Waals surface area contributed by atoms with Gasteiger partial charge in [-0.1, -0.05) is 155 Å². The fourth-order valence-electron chi connectivity index (χ4n) is 4.42. The number of carbonyl (C=O) groups is 1. The van der Waals surface area contributed by atoms with Gasteiger partial charge in [-0.15, -0.1) is 0 Å². The van der Waals surface area contributed by atoms with Crippen LogP contribution in [0, 0.1) is 5.92 Å². The van der Waals surface area contributed by atoms with E-state index in [1.165, 1.54) is 148 Å². The molecule has 174 valence electrons. The van der Waals surface area contributed by atoms with E-state index in [1.807, 2.05) is 0 Å². The van der Waals surface area contributed by atoms with Crippen LogP contribution < -0.4 is 0 Å². The summed E-state index contributed by atoms with van der Waals surface area (Å²) in [5.74, 6) is 0.340. The van der Waals surface area contributed by atoms with Crippen molar-refractivity contribution in [3.8, 4) is 0 Å². The van der Waals surface area contributed by atoms with Crippen LogP contribution in [0.4, 0.5) is 0 Å². The minimum atomic E-state index is 0.340. The molecule has 29 heavy (non-hydrogen) atoms. The van der Waals surface area contributed by atoms with Crippen LogP contribution in [0.2, 0.25) is 0 Å². The first kappa shape index (κ1) is 28.7. The number of carbonyl (C=O) groups excluding carboxylic acids is 1. The molecular weight excluding hydrogens is 352 g/mol.